The van der Waals surface area contributed by atoms with Crippen LogP contribution in [-0.2, 0) is 22.4 Å². The molecule has 1 aromatic heterocycles. The lowest BCUT2D eigenvalue weighted by Gasteiger charge is -2.14. The SMILES string of the molecule is COC(=O)c1c(NC(=O)CNC(C)c2ccc(Cl)cc2)sc2c1CCC2. The van der Waals surface area contributed by atoms with Crippen molar-refractivity contribution in [3.05, 3.63) is 50.9 Å². The molecule has 1 heterocycles. The molecule has 138 valence electrons. The molecule has 1 amide bonds. The molecule has 5 nitrogen and oxygen atoms in total. The van der Waals surface area contributed by atoms with Crippen LogP contribution in [0.1, 0.15) is 45.7 Å². The average Bonchev–Trinajstić information content (AvgIpc) is 3.20. The van der Waals surface area contributed by atoms with E-state index in [-0.39, 0.29) is 24.5 Å². The Morgan fingerprint density at radius 3 is 2.69 bits per heavy atom. The van der Waals surface area contributed by atoms with Gasteiger partial charge in [-0.2, -0.15) is 0 Å². The van der Waals surface area contributed by atoms with Crippen molar-refractivity contribution in [2.24, 2.45) is 0 Å². The molecule has 0 fully saturated rings. The zero-order chi connectivity index (χ0) is 18.7. The van der Waals surface area contributed by atoms with Gasteiger partial charge in [-0.1, -0.05) is 23.7 Å². The lowest BCUT2D eigenvalue weighted by atomic mass is 10.1. The normalized spacial score (nSPS) is 14.0. The number of rotatable bonds is 6. The average molecular weight is 393 g/mol. The van der Waals surface area contributed by atoms with Crippen LogP contribution < -0.4 is 10.6 Å². The van der Waals surface area contributed by atoms with Gasteiger partial charge >= 0.3 is 5.97 Å². The number of fused-ring (bicyclic) bond motifs is 1. The highest BCUT2D eigenvalue weighted by Gasteiger charge is 2.27. The number of halogens is 1. The maximum Gasteiger partial charge on any atom is 0.341 e. The number of benzene rings is 1. The zero-order valence-electron chi connectivity index (χ0n) is 14.7. The molecule has 1 aliphatic rings. The molecule has 2 aromatic rings. The number of aryl methyl sites for hydroxylation is 1. The molecule has 0 bridgehead atoms. The maximum absolute atomic E-state index is 12.4. The van der Waals surface area contributed by atoms with Gasteiger partial charge in [-0.3, -0.25) is 4.79 Å². The second-order valence-electron chi connectivity index (χ2n) is 6.26. The van der Waals surface area contributed by atoms with Crippen molar-refractivity contribution in [1.82, 2.24) is 5.32 Å². The summed E-state index contributed by atoms with van der Waals surface area (Å²) in [6.45, 7) is 2.13. The Bertz CT molecular complexity index is 817. The minimum absolute atomic E-state index is 0.00596. The predicted molar refractivity (Wildman–Crippen MR) is 104 cm³/mol. The van der Waals surface area contributed by atoms with Gasteiger partial charge in [-0.25, -0.2) is 4.79 Å². The van der Waals surface area contributed by atoms with Gasteiger partial charge in [0.15, 0.2) is 0 Å². The Hall–Kier alpha value is -1.89. The first-order valence-electron chi connectivity index (χ1n) is 8.51. The topological polar surface area (TPSA) is 67.4 Å². The summed E-state index contributed by atoms with van der Waals surface area (Å²) in [6, 6.07) is 7.51. The van der Waals surface area contributed by atoms with Crippen LogP contribution in [0.4, 0.5) is 5.00 Å². The van der Waals surface area contributed by atoms with E-state index in [2.05, 4.69) is 10.6 Å². The molecule has 2 N–H and O–H groups in total. The fourth-order valence-corrected chi connectivity index (χ4v) is 4.52. The van der Waals surface area contributed by atoms with Crippen LogP contribution in [0.2, 0.25) is 5.02 Å². The molecule has 7 heteroatoms. The standard InChI is InChI=1S/C19H21ClN2O3S/c1-11(12-6-8-13(20)9-7-12)21-10-16(23)22-18-17(19(24)25-2)14-4-3-5-15(14)26-18/h6-9,11,21H,3-5,10H2,1-2H3,(H,22,23). The first-order chi connectivity index (χ1) is 12.5. The summed E-state index contributed by atoms with van der Waals surface area (Å²) >= 11 is 7.37. The lowest BCUT2D eigenvalue weighted by molar-refractivity contribution is -0.115. The Balaban J connectivity index is 1.63. The summed E-state index contributed by atoms with van der Waals surface area (Å²) in [5.41, 5.74) is 2.59. The fourth-order valence-electron chi connectivity index (χ4n) is 3.10. The molecule has 1 aliphatic carbocycles. The van der Waals surface area contributed by atoms with Gasteiger partial charge in [0.1, 0.15) is 5.00 Å². The van der Waals surface area contributed by atoms with E-state index in [1.807, 2.05) is 31.2 Å². The van der Waals surface area contributed by atoms with Gasteiger partial charge in [0.05, 0.1) is 19.2 Å². The summed E-state index contributed by atoms with van der Waals surface area (Å²) in [6.07, 6.45) is 2.85. The number of carbonyl (C=O) groups is 2. The third-order valence-electron chi connectivity index (χ3n) is 4.50. The molecule has 0 aliphatic heterocycles. The predicted octanol–water partition coefficient (Wildman–Crippen LogP) is 3.97. The number of methoxy groups -OCH3 is 1. The summed E-state index contributed by atoms with van der Waals surface area (Å²) in [5.74, 6) is -0.571. The molecule has 0 saturated carbocycles. The number of thiophene rings is 1. The van der Waals surface area contributed by atoms with Crippen molar-refractivity contribution < 1.29 is 14.3 Å². The molecule has 0 saturated heterocycles. The van der Waals surface area contributed by atoms with Crippen molar-refractivity contribution in [3.63, 3.8) is 0 Å². The van der Waals surface area contributed by atoms with Crippen LogP contribution in [0.3, 0.4) is 0 Å². The van der Waals surface area contributed by atoms with E-state index in [9.17, 15) is 9.59 Å². The molecular weight excluding hydrogens is 372 g/mol. The molecule has 3 rings (SSSR count). The van der Waals surface area contributed by atoms with Crippen LogP contribution in [0.5, 0.6) is 0 Å². The van der Waals surface area contributed by atoms with Crippen molar-refractivity contribution in [2.75, 3.05) is 19.0 Å². The summed E-state index contributed by atoms with van der Waals surface area (Å²) in [5, 5.41) is 7.32. The maximum atomic E-state index is 12.4. The van der Waals surface area contributed by atoms with Gasteiger partial charge in [-0.05, 0) is 49.4 Å². The van der Waals surface area contributed by atoms with Crippen LogP contribution in [0.15, 0.2) is 24.3 Å². The highest BCUT2D eigenvalue weighted by molar-refractivity contribution is 7.17. The first-order valence-corrected chi connectivity index (χ1v) is 9.70. The molecule has 26 heavy (non-hydrogen) atoms. The second-order valence-corrected chi connectivity index (χ2v) is 7.80. The van der Waals surface area contributed by atoms with E-state index < -0.39 is 0 Å². The van der Waals surface area contributed by atoms with Gasteiger partial charge < -0.3 is 15.4 Å². The zero-order valence-corrected chi connectivity index (χ0v) is 16.3. The summed E-state index contributed by atoms with van der Waals surface area (Å²) < 4.78 is 4.90. The fraction of sp³-hybridized carbons (Fsp3) is 0.368. The van der Waals surface area contributed by atoms with Crippen molar-refractivity contribution in [3.8, 4) is 0 Å². The molecule has 1 atom stereocenters. The van der Waals surface area contributed by atoms with Gasteiger partial charge in [-0.15, -0.1) is 11.3 Å². The van der Waals surface area contributed by atoms with Crippen LogP contribution >= 0.6 is 22.9 Å². The van der Waals surface area contributed by atoms with E-state index in [1.54, 1.807) is 0 Å². The van der Waals surface area contributed by atoms with Gasteiger partial charge in [0, 0.05) is 15.9 Å². The number of carbonyl (C=O) groups excluding carboxylic acids is 2. The van der Waals surface area contributed by atoms with Crippen molar-refractivity contribution in [2.45, 2.75) is 32.2 Å². The van der Waals surface area contributed by atoms with Crippen LogP contribution in [-0.4, -0.2) is 25.5 Å². The Labute approximate surface area is 161 Å². The smallest absolute Gasteiger partial charge is 0.341 e. The number of amides is 1. The number of ether oxygens (including phenoxy) is 1. The summed E-state index contributed by atoms with van der Waals surface area (Å²) in [7, 11) is 1.36. The Morgan fingerprint density at radius 2 is 2.00 bits per heavy atom. The minimum atomic E-state index is -0.387. The molecule has 1 aromatic carbocycles. The van der Waals surface area contributed by atoms with Crippen LogP contribution in [0.25, 0.3) is 0 Å². The highest BCUT2D eigenvalue weighted by Crippen LogP contribution is 2.39. The Morgan fingerprint density at radius 1 is 1.27 bits per heavy atom. The monoisotopic (exact) mass is 392 g/mol. The molecule has 0 spiro atoms. The third kappa shape index (κ3) is 4.09. The Kier molecular flexibility index (Phi) is 5.96. The number of nitrogens with one attached hydrogen (secondary N) is 2. The van der Waals surface area contributed by atoms with E-state index in [0.717, 1.165) is 30.4 Å². The lowest BCUT2D eigenvalue weighted by Crippen LogP contribution is -2.30. The quantitative estimate of drug-likeness (QED) is 0.730. The number of hydrogen-bond acceptors (Lipinski definition) is 5. The number of esters is 1. The van der Waals surface area contributed by atoms with E-state index >= 15 is 0 Å². The van der Waals surface area contributed by atoms with E-state index in [0.29, 0.717) is 15.6 Å². The number of hydrogen-bond donors (Lipinski definition) is 2. The third-order valence-corrected chi connectivity index (χ3v) is 5.96. The van der Waals surface area contributed by atoms with E-state index in [1.165, 1.54) is 23.3 Å². The van der Waals surface area contributed by atoms with Crippen molar-refractivity contribution in [1.29, 1.82) is 0 Å². The van der Waals surface area contributed by atoms with Crippen molar-refractivity contribution >= 4 is 39.8 Å². The van der Waals surface area contributed by atoms with E-state index in [4.69, 9.17) is 16.3 Å². The second kappa shape index (κ2) is 8.20. The largest absolute Gasteiger partial charge is 0.465 e. The molecular formula is C19H21ClN2O3S. The van der Waals surface area contributed by atoms with Gasteiger partial charge in [0.25, 0.3) is 0 Å². The molecule has 1 unspecified atom stereocenters. The van der Waals surface area contributed by atoms with Crippen LogP contribution in [0, 0.1) is 0 Å². The minimum Gasteiger partial charge on any atom is -0.465 e. The highest BCUT2D eigenvalue weighted by atomic mass is 35.5. The summed E-state index contributed by atoms with van der Waals surface area (Å²) in [4.78, 5) is 25.6. The molecule has 0 radical (unpaired) electrons. The van der Waals surface area contributed by atoms with Gasteiger partial charge in [0.2, 0.25) is 5.91 Å². The number of anilines is 1. The first kappa shape index (κ1) is 18.9.